The molecule has 0 nitrogen and oxygen atoms in total. The molecule has 7 aromatic carbocycles. The van der Waals surface area contributed by atoms with Gasteiger partial charge in [-0.25, -0.2) is 0 Å². The van der Waals surface area contributed by atoms with Crippen LogP contribution in [0, 0.1) is 5.92 Å². The SMILES string of the molecule is [2H]c1c([2H])c([2H])c2c(-c3ccc(-c4ccccc4)c4ccccc34)c3c([2H])c([2H])c([2H])c([2H])c3c(C3=C4C=CC=CC4C4C(=C3)C=Cc3ccccc34)c2c1[2H]. The van der Waals surface area contributed by atoms with E-state index < -0.39 is 24.2 Å². The highest BCUT2D eigenvalue weighted by Gasteiger charge is 2.35. The Labute approximate surface area is 292 Å². The third-order valence-corrected chi connectivity index (χ3v) is 10.1. The first-order chi connectivity index (χ1) is 27.2. The Hall–Kier alpha value is -5.98. The summed E-state index contributed by atoms with van der Waals surface area (Å²) in [5.41, 5.74) is 8.24. The fourth-order valence-corrected chi connectivity index (χ4v) is 8.09. The summed E-state index contributed by atoms with van der Waals surface area (Å²) in [6, 6.07) is 27.4. The zero-order valence-electron chi connectivity index (χ0n) is 33.9. The molecular weight excluding hydrogens is 577 g/mol. The molecule has 48 heavy (non-hydrogen) atoms. The van der Waals surface area contributed by atoms with Crippen molar-refractivity contribution in [3.8, 4) is 22.3 Å². The molecule has 0 amide bonds. The van der Waals surface area contributed by atoms with Crippen molar-refractivity contribution in [3.63, 3.8) is 0 Å². The number of allylic oxidation sites excluding steroid dienone is 9. The molecule has 3 aliphatic carbocycles. The molecular formula is C48H32. The Morgan fingerprint density at radius 1 is 0.500 bits per heavy atom. The summed E-state index contributed by atoms with van der Waals surface area (Å²) in [6.07, 6.45) is 14.4. The lowest BCUT2D eigenvalue weighted by atomic mass is 9.66. The van der Waals surface area contributed by atoms with Crippen molar-refractivity contribution >= 4 is 44.0 Å². The smallest absolute Gasteiger partial charge is 0.0629 e. The number of benzene rings is 7. The fourth-order valence-electron chi connectivity index (χ4n) is 8.09. The van der Waals surface area contributed by atoms with Crippen LogP contribution < -0.4 is 0 Å². The summed E-state index contributed by atoms with van der Waals surface area (Å²) < 4.78 is 74.2. The summed E-state index contributed by atoms with van der Waals surface area (Å²) in [6.45, 7) is 0. The van der Waals surface area contributed by atoms with Crippen LogP contribution in [0.4, 0.5) is 0 Å². The quantitative estimate of drug-likeness (QED) is 0.173. The Kier molecular flexibility index (Phi) is 4.56. The van der Waals surface area contributed by atoms with Crippen molar-refractivity contribution in [1.82, 2.24) is 0 Å². The molecule has 0 heterocycles. The van der Waals surface area contributed by atoms with E-state index in [2.05, 4.69) is 36.4 Å². The van der Waals surface area contributed by atoms with Crippen molar-refractivity contribution in [3.05, 3.63) is 204 Å². The molecule has 0 aromatic heterocycles. The molecule has 3 aliphatic rings. The van der Waals surface area contributed by atoms with Gasteiger partial charge in [-0.15, -0.1) is 0 Å². The maximum absolute atomic E-state index is 9.59. The summed E-state index contributed by atoms with van der Waals surface area (Å²) in [4.78, 5) is 0. The van der Waals surface area contributed by atoms with Gasteiger partial charge in [-0.05, 0) is 88.0 Å². The third kappa shape index (κ3) is 4.03. The van der Waals surface area contributed by atoms with Gasteiger partial charge in [0.25, 0.3) is 0 Å². The molecule has 2 unspecified atom stereocenters. The van der Waals surface area contributed by atoms with Crippen LogP contribution in [-0.2, 0) is 0 Å². The van der Waals surface area contributed by atoms with Crippen molar-refractivity contribution in [2.75, 3.05) is 0 Å². The molecule has 7 aromatic rings. The zero-order chi connectivity index (χ0) is 38.6. The maximum atomic E-state index is 9.59. The number of hydrogen-bond donors (Lipinski definition) is 0. The van der Waals surface area contributed by atoms with Gasteiger partial charge in [0.2, 0.25) is 0 Å². The normalized spacial score (nSPS) is 20.1. The molecule has 0 N–H and O–H groups in total. The Balaban J connectivity index is 1.42. The van der Waals surface area contributed by atoms with Crippen molar-refractivity contribution in [2.24, 2.45) is 5.92 Å². The summed E-state index contributed by atoms with van der Waals surface area (Å²) in [7, 11) is 0. The van der Waals surface area contributed by atoms with Crippen LogP contribution in [0.1, 0.15) is 33.6 Å². The molecule has 0 fully saturated rings. The van der Waals surface area contributed by atoms with Crippen molar-refractivity contribution < 1.29 is 11.0 Å². The lowest BCUT2D eigenvalue weighted by molar-refractivity contribution is 0.648. The van der Waals surface area contributed by atoms with E-state index in [9.17, 15) is 5.48 Å². The molecule has 224 valence electrons. The van der Waals surface area contributed by atoms with Gasteiger partial charge in [0, 0.05) is 11.8 Å². The second-order valence-corrected chi connectivity index (χ2v) is 12.5. The summed E-state index contributed by atoms with van der Waals surface area (Å²) in [5, 5.41) is 2.57. The van der Waals surface area contributed by atoms with Gasteiger partial charge in [0.1, 0.15) is 0 Å². The molecule has 10 rings (SSSR count). The number of rotatable bonds is 3. The van der Waals surface area contributed by atoms with E-state index in [4.69, 9.17) is 5.48 Å². The largest absolute Gasteiger partial charge is 0.0760 e. The lowest BCUT2D eigenvalue weighted by Gasteiger charge is -2.37. The predicted molar refractivity (Wildman–Crippen MR) is 205 cm³/mol. The predicted octanol–water partition coefficient (Wildman–Crippen LogP) is 12.7. The van der Waals surface area contributed by atoms with Crippen LogP contribution in [0.3, 0.4) is 0 Å². The van der Waals surface area contributed by atoms with E-state index in [-0.39, 0.29) is 57.6 Å². The average molecular weight is 617 g/mol. The Morgan fingerprint density at radius 2 is 1.12 bits per heavy atom. The van der Waals surface area contributed by atoms with E-state index in [0.29, 0.717) is 22.3 Å². The van der Waals surface area contributed by atoms with Crippen LogP contribution in [0.25, 0.3) is 66.2 Å². The molecule has 0 saturated carbocycles. The van der Waals surface area contributed by atoms with Gasteiger partial charge in [-0.2, -0.15) is 0 Å². The van der Waals surface area contributed by atoms with Gasteiger partial charge >= 0.3 is 0 Å². The van der Waals surface area contributed by atoms with E-state index in [0.717, 1.165) is 38.6 Å². The van der Waals surface area contributed by atoms with E-state index >= 15 is 0 Å². The highest BCUT2D eigenvalue weighted by molar-refractivity contribution is 6.23. The first kappa shape index (κ1) is 20.3. The van der Waals surface area contributed by atoms with Crippen LogP contribution in [-0.4, -0.2) is 0 Å². The van der Waals surface area contributed by atoms with Crippen LogP contribution in [0.2, 0.25) is 0 Å². The van der Waals surface area contributed by atoms with Gasteiger partial charge in [-0.1, -0.05) is 182 Å². The van der Waals surface area contributed by atoms with Crippen LogP contribution in [0.5, 0.6) is 0 Å². The second kappa shape index (κ2) is 10.8. The van der Waals surface area contributed by atoms with E-state index in [1.54, 1.807) is 0 Å². The highest BCUT2D eigenvalue weighted by Crippen LogP contribution is 2.53. The van der Waals surface area contributed by atoms with Gasteiger partial charge in [0.15, 0.2) is 0 Å². The van der Waals surface area contributed by atoms with Crippen LogP contribution in [0.15, 0.2) is 187 Å². The van der Waals surface area contributed by atoms with E-state index in [1.165, 1.54) is 5.56 Å². The Morgan fingerprint density at radius 3 is 1.88 bits per heavy atom. The molecule has 0 saturated heterocycles. The van der Waals surface area contributed by atoms with Crippen LogP contribution >= 0.6 is 0 Å². The van der Waals surface area contributed by atoms with Gasteiger partial charge in [-0.3, -0.25) is 0 Å². The van der Waals surface area contributed by atoms with Gasteiger partial charge in [0.05, 0.1) is 11.0 Å². The molecule has 0 spiro atoms. The molecule has 0 bridgehead atoms. The Bertz CT molecular complexity index is 2980. The second-order valence-electron chi connectivity index (χ2n) is 12.5. The number of hydrogen-bond acceptors (Lipinski definition) is 0. The van der Waals surface area contributed by atoms with Gasteiger partial charge < -0.3 is 0 Å². The first-order valence-corrected chi connectivity index (χ1v) is 16.3. The monoisotopic (exact) mass is 616 g/mol. The molecule has 0 radical (unpaired) electrons. The summed E-state index contributed by atoms with van der Waals surface area (Å²) >= 11 is 0. The van der Waals surface area contributed by atoms with E-state index in [1.807, 2.05) is 97.1 Å². The first-order valence-electron chi connectivity index (χ1n) is 20.3. The minimum Gasteiger partial charge on any atom is -0.0760 e. The van der Waals surface area contributed by atoms with Crippen molar-refractivity contribution in [1.29, 1.82) is 0 Å². The van der Waals surface area contributed by atoms with Crippen molar-refractivity contribution in [2.45, 2.75) is 5.92 Å². The topological polar surface area (TPSA) is 0 Å². The lowest BCUT2D eigenvalue weighted by Crippen LogP contribution is -2.22. The molecule has 0 heteroatoms. The number of fused-ring (bicyclic) bond motifs is 8. The average Bonchev–Trinajstić information content (AvgIpc) is 3.24. The molecule has 2 atom stereocenters. The third-order valence-electron chi connectivity index (χ3n) is 10.1. The maximum Gasteiger partial charge on any atom is 0.0629 e. The minimum absolute atomic E-state index is 0.00924. The fraction of sp³-hybridized carbons (Fsp3) is 0.0417. The minimum atomic E-state index is -0.412. The highest BCUT2D eigenvalue weighted by atomic mass is 14.4. The zero-order valence-corrected chi connectivity index (χ0v) is 25.9. The standard InChI is InChI=1S/C48H32/c1-2-14-31(15-3-1)34-28-29-44(37-19-7-6-18-36(34)37)47-40-22-10-12-24-42(40)48(43-25-13-11-23-41(43)47)45-30-33-27-26-32-16-4-5-17-35(32)46(33)39-21-9-8-20-38(39)45/h1-30,39,46H/i10D,11D,12D,13D,22D,23D,24D,25D. The summed E-state index contributed by atoms with van der Waals surface area (Å²) in [5.74, 6) is -0.142. The molecule has 0 aliphatic heterocycles.